The summed E-state index contributed by atoms with van der Waals surface area (Å²) < 4.78 is 5.31. The lowest BCUT2D eigenvalue weighted by atomic mass is 9.82. The molecule has 0 spiro atoms. The van der Waals surface area contributed by atoms with Gasteiger partial charge in [-0.05, 0) is 30.4 Å². The molecule has 0 aromatic rings. The molecule has 0 aromatic heterocycles. The summed E-state index contributed by atoms with van der Waals surface area (Å²) in [7, 11) is 0. The molecule has 0 unspecified atom stereocenters. The summed E-state index contributed by atoms with van der Waals surface area (Å²) in [4.78, 5) is 11.8. The van der Waals surface area contributed by atoms with Gasteiger partial charge in [0, 0.05) is 17.6 Å². The van der Waals surface area contributed by atoms with Crippen molar-refractivity contribution >= 4 is 5.97 Å². The van der Waals surface area contributed by atoms with Gasteiger partial charge in [0.25, 0.3) is 0 Å². The van der Waals surface area contributed by atoms with Crippen molar-refractivity contribution in [1.29, 1.82) is 0 Å². The van der Waals surface area contributed by atoms with Gasteiger partial charge < -0.3 is 4.74 Å². The topological polar surface area (TPSA) is 26.3 Å². The molecule has 2 nitrogen and oxygen atoms in total. The van der Waals surface area contributed by atoms with E-state index in [0.717, 1.165) is 41.7 Å². The van der Waals surface area contributed by atoms with Gasteiger partial charge in [0.2, 0.25) is 0 Å². The van der Waals surface area contributed by atoms with E-state index < -0.39 is 0 Å². The van der Waals surface area contributed by atoms with Crippen LogP contribution in [0.4, 0.5) is 0 Å². The second-order valence-electron chi connectivity index (χ2n) is 4.96. The second kappa shape index (κ2) is 3.62. The molecule has 0 N–H and O–H groups in total. The van der Waals surface area contributed by atoms with Crippen molar-refractivity contribution in [2.45, 2.75) is 38.5 Å². The molecular weight excluding hydrogens is 200 g/mol. The molecule has 0 bridgehead atoms. The van der Waals surface area contributed by atoms with Crippen LogP contribution in [-0.4, -0.2) is 5.97 Å². The van der Waals surface area contributed by atoms with Crippen LogP contribution in [-0.2, 0) is 9.53 Å². The largest absolute Gasteiger partial charge is 0.423 e. The zero-order chi connectivity index (χ0) is 11.1. The molecule has 0 atom stereocenters. The Hall–Kier alpha value is -1.31. The Bertz CT molecular complexity index is 420. The maximum absolute atomic E-state index is 11.8. The van der Waals surface area contributed by atoms with Crippen LogP contribution in [0.15, 0.2) is 35.1 Å². The quantitative estimate of drug-likeness (QED) is 0.629. The molecule has 0 aromatic carbocycles. The van der Waals surface area contributed by atoms with Gasteiger partial charge in [-0.2, -0.15) is 0 Å². The van der Waals surface area contributed by atoms with Crippen LogP contribution in [0.3, 0.4) is 0 Å². The predicted molar refractivity (Wildman–Crippen MR) is 61.5 cm³/mol. The van der Waals surface area contributed by atoms with Crippen LogP contribution in [0, 0.1) is 5.92 Å². The van der Waals surface area contributed by atoms with Crippen molar-refractivity contribution in [1.82, 2.24) is 0 Å². The minimum atomic E-state index is -0.0966. The number of esters is 1. The highest BCUT2D eigenvalue weighted by molar-refractivity contribution is 5.96. The monoisotopic (exact) mass is 216 g/mol. The third-order valence-corrected chi connectivity index (χ3v) is 3.80. The van der Waals surface area contributed by atoms with E-state index in [1.54, 1.807) is 0 Å². The molecule has 84 valence electrons. The maximum Gasteiger partial charge on any atom is 0.340 e. The smallest absolute Gasteiger partial charge is 0.340 e. The van der Waals surface area contributed by atoms with Crippen LogP contribution in [0.25, 0.3) is 0 Å². The van der Waals surface area contributed by atoms with Gasteiger partial charge in [0.05, 0.1) is 0 Å². The van der Waals surface area contributed by atoms with Gasteiger partial charge in [0.1, 0.15) is 5.76 Å². The van der Waals surface area contributed by atoms with E-state index in [2.05, 4.69) is 6.58 Å². The number of ether oxygens (including phenoxy) is 1. The third kappa shape index (κ3) is 1.44. The molecule has 0 radical (unpaired) electrons. The molecule has 0 amide bonds. The first-order chi connectivity index (χ1) is 7.75. The molecular formula is C14H16O2. The average molecular weight is 216 g/mol. The van der Waals surface area contributed by atoms with Crippen LogP contribution < -0.4 is 0 Å². The van der Waals surface area contributed by atoms with Crippen molar-refractivity contribution in [2.75, 3.05) is 0 Å². The lowest BCUT2D eigenvalue weighted by Crippen LogP contribution is -2.15. The molecule has 2 heteroatoms. The normalized spacial score (nSPS) is 25.9. The molecule has 3 rings (SSSR count). The van der Waals surface area contributed by atoms with Gasteiger partial charge in [-0.25, -0.2) is 4.79 Å². The molecule has 1 fully saturated rings. The lowest BCUT2D eigenvalue weighted by molar-refractivity contribution is -0.133. The molecule has 16 heavy (non-hydrogen) atoms. The van der Waals surface area contributed by atoms with Crippen molar-refractivity contribution in [2.24, 2.45) is 5.92 Å². The number of carbonyl (C=O) groups excluding carboxylic acids is 1. The van der Waals surface area contributed by atoms with Crippen LogP contribution in [0.5, 0.6) is 0 Å². The summed E-state index contributed by atoms with van der Waals surface area (Å²) >= 11 is 0. The Morgan fingerprint density at radius 1 is 1.25 bits per heavy atom. The first-order valence-electron chi connectivity index (χ1n) is 6.11. The summed E-state index contributed by atoms with van der Waals surface area (Å²) in [5.41, 5.74) is 3.15. The molecule has 3 aliphatic rings. The molecule has 1 heterocycles. The lowest BCUT2D eigenvalue weighted by Gasteiger charge is -2.21. The van der Waals surface area contributed by atoms with E-state index >= 15 is 0 Å². The molecule has 2 aliphatic carbocycles. The maximum atomic E-state index is 11.8. The Balaban J connectivity index is 1.95. The van der Waals surface area contributed by atoms with E-state index in [9.17, 15) is 4.79 Å². The fourth-order valence-corrected chi connectivity index (χ4v) is 3.04. The van der Waals surface area contributed by atoms with Crippen LogP contribution >= 0.6 is 0 Å². The van der Waals surface area contributed by atoms with E-state index in [4.69, 9.17) is 4.74 Å². The molecule has 0 saturated heterocycles. The number of fused-ring (bicyclic) bond motifs is 1. The van der Waals surface area contributed by atoms with Crippen molar-refractivity contribution in [3.63, 3.8) is 0 Å². The Kier molecular flexibility index (Phi) is 2.23. The number of rotatable bonds is 1. The highest BCUT2D eigenvalue weighted by atomic mass is 16.5. The number of hydrogen-bond donors (Lipinski definition) is 0. The second-order valence-corrected chi connectivity index (χ2v) is 4.96. The van der Waals surface area contributed by atoms with Gasteiger partial charge in [0.15, 0.2) is 0 Å². The Morgan fingerprint density at radius 2 is 2.00 bits per heavy atom. The SMILES string of the molecule is C=C1C=C2OC(=O)C(C3CCCCC3)=C2C1. The number of carbonyl (C=O) groups is 1. The van der Waals surface area contributed by atoms with Crippen molar-refractivity contribution in [3.8, 4) is 0 Å². The van der Waals surface area contributed by atoms with Crippen molar-refractivity contribution in [3.05, 3.63) is 35.1 Å². The fraction of sp³-hybridized carbons (Fsp3) is 0.500. The highest BCUT2D eigenvalue weighted by Crippen LogP contribution is 2.43. The number of allylic oxidation sites excluding steroid dienone is 3. The summed E-state index contributed by atoms with van der Waals surface area (Å²) in [6, 6.07) is 0. The third-order valence-electron chi connectivity index (χ3n) is 3.80. The zero-order valence-electron chi connectivity index (χ0n) is 9.42. The van der Waals surface area contributed by atoms with Crippen LogP contribution in [0.2, 0.25) is 0 Å². The fourth-order valence-electron chi connectivity index (χ4n) is 3.04. The zero-order valence-corrected chi connectivity index (χ0v) is 9.42. The first kappa shape index (κ1) is 9.88. The summed E-state index contributed by atoms with van der Waals surface area (Å²) in [5, 5.41) is 0. The van der Waals surface area contributed by atoms with E-state index in [1.807, 2.05) is 6.08 Å². The van der Waals surface area contributed by atoms with E-state index in [1.165, 1.54) is 19.3 Å². The summed E-state index contributed by atoms with van der Waals surface area (Å²) in [6.45, 7) is 3.94. The van der Waals surface area contributed by atoms with Gasteiger partial charge in [-0.1, -0.05) is 25.8 Å². The summed E-state index contributed by atoms with van der Waals surface area (Å²) in [6.07, 6.45) is 8.81. The highest BCUT2D eigenvalue weighted by Gasteiger charge is 2.37. The Labute approximate surface area is 95.7 Å². The Morgan fingerprint density at radius 3 is 2.75 bits per heavy atom. The van der Waals surface area contributed by atoms with E-state index in [-0.39, 0.29) is 5.97 Å². The minimum absolute atomic E-state index is 0.0966. The first-order valence-corrected chi connectivity index (χ1v) is 6.11. The van der Waals surface area contributed by atoms with Crippen molar-refractivity contribution < 1.29 is 9.53 Å². The predicted octanol–water partition coefficient (Wildman–Crippen LogP) is 3.26. The summed E-state index contributed by atoms with van der Waals surface area (Å²) in [5.74, 6) is 1.12. The van der Waals surface area contributed by atoms with Gasteiger partial charge in [-0.15, -0.1) is 0 Å². The average Bonchev–Trinajstić information content (AvgIpc) is 2.74. The molecule has 1 saturated carbocycles. The standard InChI is InChI=1S/C14H16O2/c1-9-7-11-12(8-9)16-14(15)13(11)10-5-3-2-4-6-10/h8,10H,1-7H2. The minimum Gasteiger partial charge on any atom is -0.423 e. The van der Waals surface area contributed by atoms with Crippen LogP contribution in [0.1, 0.15) is 38.5 Å². The van der Waals surface area contributed by atoms with E-state index in [0.29, 0.717) is 5.92 Å². The van der Waals surface area contributed by atoms with Gasteiger partial charge in [-0.3, -0.25) is 0 Å². The number of hydrogen-bond acceptors (Lipinski definition) is 2. The molecule has 1 aliphatic heterocycles. The van der Waals surface area contributed by atoms with Gasteiger partial charge >= 0.3 is 5.97 Å².